The molecule has 2 aromatic rings. The summed E-state index contributed by atoms with van der Waals surface area (Å²) in [5.74, 6) is 0.845. The molecule has 23 heavy (non-hydrogen) atoms. The summed E-state index contributed by atoms with van der Waals surface area (Å²) in [4.78, 5) is 27.5. The zero-order valence-corrected chi connectivity index (χ0v) is 12.8. The van der Waals surface area contributed by atoms with Crippen molar-refractivity contribution < 1.29 is 14.3 Å². The number of nitrogens with zero attached hydrogens (tertiary/aromatic N) is 1. The Labute approximate surface area is 133 Å². The third-order valence-electron chi connectivity index (χ3n) is 3.50. The van der Waals surface area contributed by atoms with Crippen molar-refractivity contribution in [3.05, 3.63) is 47.5 Å². The number of carbonyl (C=O) groups excluding carboxylic acids is 2. The zero-order valence-electron chi connectivity index (χ0n) is 12.8. The summed E-state index contributed by atoms with van der Waals surface area (Å²) >= 11 is 0. The number of hydrogen-bond donors (Lipinski definition) is 2. The second kappa shape index (κ2) is 6.48. The Morgan fingerprint density at radius 1 is 1.26 bits per heavy atom. The van der Waals surface area contributed by atoms with Gasteiger partial charge in [-0.15, -0.1) is 0 Å². The first-order valence-electron chi connectivity index (χ1n) is 7.39. The molecule has 0 bridgehead atoms. The van der Waals surface area contributed by atoms with Crippen molar-refractivity contribution in [1.82, 2.24) is 4.98 Å². The van der Waals surface area contributed by atoms with Crippen LogP contribution in [-0.2, 0) is 16.0 Å². The minimum absolute atomic E-state index is 0.0169. The molecule has 118 valence electrons. The first kappa shape index (κ1) is 15.0. The topological polar surface area (TPSA) is 80.3 Å². The number of anilines is 2. The molecule has 2 N–H and O–H groups in total. The molecule has 1 aliphatic heterocycles. The molecule has 0 spiro atoms. The molecule has 2 heterocycles. The lowest BCUT2D eigenvalue weighted by atomic mass is 10.1. The lowest BCUT2D eigenvalue weighted by Crippen LogP contribution is -2.26. The molecule has 3 rings (SSSR count). The number of benzene rings is 1. The number of ether oxygens (including phenoxy) is 1. The Kier molecular flexibility index (Phi) is 4.23. The molecule has 0 radical (unpaired) electrons. The fourth-order valence-electron chi connectivity index (χ4n) is 2.25. The number of aromatic nitrogens is 1. The highest BCUT2D eigenvalue weighted by Gasteiger charge is 2.17. The van der Waals surface area contributed by atoms with Gasteiger partial charge >= 0.3 is 0 Å². The van der Waals surface area contributed by atoms with Crippen LogP contribution in [0.1, 0.15) is 17.5 Å². The monoisotopic (exact) mass is 311 g/mol. The highest BCUT2D eigenvalue weighted by Crippen LogP contribution is 2.26. The second-order valence-corrected chi connectivity index (χ2v) is 5.41. The predicted octanol–water partition coefficient (Wildman–Crippen LogP) is 2.29. The molecule has 0 saturated carbocycles. The Balaban J connectivity index is 1.58. The first-order chi connectivity index (χ1) is 11.1. The molecule has 6 heteroatoms. The largest absolute Gasteiger partial charge is 0.480 e. The molecule has 1 aliphatic rings. The molecular formula is C17H17N3O3. The van der Waals surface area contributed by atoms with Crippen molar-refractivity contribution >= 4 is 23.5 Å². The van der Waals surface area contributed by atoms with Crippen molar-refractivity contribution in [1.29, 1.82) is 0 Å². The van der Waals surface area contributed by atoms with Gasteiger partial charge in [0.05, 0.1) is 0 Å². The van der Waals surface area contributed by atoms with Gasteiger partial charge in [0.2, 0.25) is 5.91 Å². The van der Waals surface area contributed by atoms with E-state index in [1.165, 1.54) is 5.56 Å². The lowest BCUT2D eigenvalue weighted by molar-refractivity contribution is -0.118. The van der Waals surface area contributed by atoms with E-state index >= 15 is 0 Å². The van der Waals surface area contributed by atoms with Gasteiger partial charge < -0.3 is 15.4 Å². The van der Waals surface area contributed by atoms with Crippen LogP contribution >= 0.6 is 0 Å². The minimum atomic E-state index is -0.257. The summed E-state index contributed by atoms with van der Waals surface area (Å²) in [6, 6.07) is 11.4. The van der Waals surface area contributed by atoms with Crippen LogP contribution in [0.15, 0.2) is 36.4 Å². The average molecular weight is 311 g/mol. The van der Waals surface area contributed by atoms with E-state index in [1.807, 2.05) is 31.2 Å². The average Bonchev–Trinajstić information content (AvgIpc) is 2.54. The quantitative estimate of drug-likeness (QED) is 0.908. The first-order valence-corrected chi connectivity index (χ1v) is 7.39. The van der Waals surface area contributed by atoms with Gasteiger partial charge in [-0.05, 0) is 31.0 Å². The number of fused-ring (bicyclic) bond motifs is 1. The van der Waals surface area contributed by atoms with Gasteiger partial charge in [-0.1, -0.05) is 29.8 Å². The van der Waals surface area contributed by atoms with Crippen LogP contribution in [-0.4, -0.2) is 23.4 Å². The summed E-state index contributed by atoms with van der Waals surface area (Å²) in [6.07, 6.45) is 1.03. The molecule has 1 aromatic carbocycles. The van der Waals surface area contributed by atoms with Gasteiger partial charge in [0.15, 0.2) is 18.2 Å². The van der Waals surface area contributed by atoms with E-state index in [0.717, 1.165) is 5.56 Å². The molecule has 6 nitrogen and oxygen atoms in total. The SMILES string of the molecule is Cc1ccc(CCC(=O)Nc2ccc3c(n2)NC(=O)CO3)cc1. The maximum absolute atomic E-state index is 12.0. The molecular weight excluding hydrogens is 294 g/mol. The van der Waals surface area contributed by atoms with Gasteiger partial charge in [0.25, 0.3) is 5.91 Å². The predicted molar refractivity (Wildman–Crippen MR) is 86.5 cm³/mol. The normalized spacial score (nSPS) is 12.8. The van der Waals surface area contributed by atoms with Crippen molar-refractivity contribution in [2.45, 2.75) is 19.8 Å². The van der Waals surface area contributed by atoms with E-state index in [-0.39, 0.29) is 18.4 Å². The highest BCUT2D eigenvalue weighted by molar-refractivity contribution is 5.95. The van der Waals surface area contributed by atoms with E-state index < -0.39 is 0 Å². The minimum Gasteiger partial charge on any atom is -0.480 e. The van der Waals surface area contributed by atoms with E-state index in [1.54, 1.807) is 12.1 Å². The Morgan fingerprint density at radius 3 is 2.83 bits per heavy atom. The van der Waals surface area contributed by atoms with Gasteiger partial charge in [-0.2, -0.15) is 0 Å². The van der Waals surface area contributed by atoms with E-state index in [9.17, 15) is 9.59 Å². The number of hydrogen-bond acceptors (Lipinski definition) is 4. The van der Waals surface area contributed by atoms with E-state index in [4.69, 9.17) is 4.74 Å². The Bertz CT molecular complexity index is 741. The molecule has 1 aromatic heterocycles. The van der Waals surface area contributed by atoms with Crippen LogP contribution in [0.25, 0.3) is 0 Å². The molecule has 0 fully saturated rings. The molecule has 0 atom stereocenters. The summed E-state index contributed by atoms with van der Waals surface area (Å²) in [5, 5.41) is 5.34. The maximum Gasteiger partial charge on any atom is 0.263 e. The number of carbonyl (C=O) groups is 2. The van der Waals surface area contributed by atoms with Crippen LogP contribution in [0.3, 0.4) is 0 Å². The number of pyridine rings is 1. The van der Waals surface area contributed by atoms with Crippen LogP contribution < -0.4 is 15.4 Å². The number of aryl methyl sites for hydroxylation is 2. The number of rotatable bonds is 4. The highest BCUT2D eigenvalue weighted by atomic mass is 16.5. The third kappa shape index (κ3) is 3.85. The number of amides is 2. The van der Waals surface area contributed by atoms with Crippen LogP contribution in [0.2, 0.25) is 0 Å². The zero-order chi connectivity index (χ0) is 16.2. The fourth-order valence-corrected chi connectivity index (χ4v) is 2.25. The van der Waals surface area contributed by atoms with Gasteiger partial charge in [0.1, 0.15) is 5.82 Å². The van der Waals surface area contributed by atoms with Gasteiger partial charge in [0, 0.05) is 6.42 Å². The van der Waals surface area contributed by atoms with Crippen molar-refractivity contribution in [2.24, 2.45) is 0 Å². The van der Waals surface area contributed by atoms with Gasteiger partial charge in [-0.3, -0.25) is 9.59 Å². The summed E-state index contributed by atoms with van der Waals surface area (Å²) in [5.41, 5.74) is 2.31. The number of nitrogens with one attached hydrogen (secondary N) is 2. The van der Waals surface area contributed by atoms with E-state index in [2.05, 4.69) is 15.6 Å². The van der Waals surface area contributed by atoms with Crippen LogP contribution in [0.4, 0.5) is 11.6 Å². The smallest absolute Gasteiger partial charge is 0.263 e. The summed E-state index contributed by atoms with van der Waals surface area (Å²) < 4.78 is 5.22. The maximum atomic E-state index is 12.0. The van der Waals surface area contributed by atoms with Gasteiger partial charge in [-0.25, -0.2) is 4.98 Å². The van der Waals surface area contributed by atoms with E-state index in [0.29, 0.717) is 30.2 Å². The standard InChI is InChI=1S/C17H17N3O3/c1-11-2-4-12(5-3-11)6-9-15(21)18-14-8-7-13-17(19-14)20-16(22)10-23-13/h2-5,7-8H,6,9-10H2,1H3,(H2,18,19,20,21,22). The Hall–Kier alpha value is -2.89. The fraction of sp³-hybridized carbons (Fsp3) is 0.235. The molecule has 0 aliphatic carbocycles. The van der Waals surface area contributed by atoms with Crippen molar-refractivity contribution in [2.75, 3.05) is 17.2 Å². The van der Waals surface area contributed by atoms with Crippen molar-refractivity contribution in [3.8, 4) is 5.75 Å². The van der Waals surface area contributed by atoms with Crippen LogP contribution in [0, 0.1) is 6.92 Å². The second-order valence-electron chi connectivity index (χ2n) is 5.41. The van der Waals surface area contributed by atoms with Crippen molar-refractivity contribution in [3.63, 3.8) is 0 Å². The molecule has 0 unspecified atom stereocenters. The molecule has 2 amide bonds. The summed E-state index contributed by atoms with van der Waals surface area (Å²) in [7, 11) is 0. The summed E-state index contributed by atoms with van der Waals surface area (Å²) in [6.45, 7) is 2.01. The lowest BCUT2D eigenvalue weighted by Gasteiger charge is -2.17. The third-order valence-corrected chi connectivity index (χ3v) is 3.50. The van der Waals surface area contributed by atoms with Crippen LogP contribution in [0.5, 0.6) is 5.75 Å². The Morgan fingerprint density at radius 2 is 2.04 bits per heavy atom. The molecule has 0 saturated heterocycles.